The highest BCUT2D eigenvalue weighted by Gasteiger charge is 2.25. The molecule has 4 rings (SSSR count). The number of H-pyrrole nitrogens is 1. The number of nitrogens with zero attached hydrogens (tertiary/aromatic N) is 2. The van der Waals surface area contributed by atoms with Crippen molar-refractivity contribution in [2.24, 2.45) is 11.3 Å². The number of benzene rings is 1. The summed E-state index contributed by atoms with van der Waals surface area (Å²) < 4.78 is 0. The Morgan fingerprint density at radius 1 is 1.21 bits per heavy atom. The third kappa shape index (κ3) is 6.40. The molecule has 0 aliphatic heterocycles. The quantitative estimate of drug-likeness (QED) is 0.551. The predicted octanol–water partition coefficient (Wildman–Crippen LogP) is 6.01. The SMILES string of the molecule is CC1CCC(c2ccc(CC(=O)c3ncc(C#N)[nH]3)c(C3=CCC(C)(C)CC3)c2)CC1.O=C=O. The minimum atomic E-state index is -0.0706. The van der Waals surface area contributed by atoms with Gasteiger partial charge >= 0.3 is 6.15 Å². The molecule has 0 radical (unpaired) electrons. The average Bonchev–Trinajstić information content (AvgIpc) is 3.30. The minimum absolute atomic E-state index is 0.0706. The molecule has 1 N–H and O–H groups in total. The van der Waals surface area contributed by atoms with Gasteiger partial charge in [0.1, 0.15) is 11.8 Å². The lowest BCUT2D eigenvalue weighted by Crippen LogP contribution is -2.16. The molecule has 0 spiro atoms. The number of hydrogen-bond acceptors (Lipinski definition) is 5. The van der Waals surface area contributed by atoms with Gasteiger partial charge < -0.3 is 4.98 Å². The minimum Gasteiger partial charge on any atom is -0.327 e. The lowest BCUT2D eigenvalue weighted by molar-refractivity contribution is -0.191. The van der Waals surface area contributed by atoms with Crippen LogP contribution in [0.15, 0.2) is 30.5 Å². The Bertz CT molecular complexity index is 1120. The molecule has 0 amide bonds. The van der Waals surface area contributed by atoms with Crippen LogP contribution in [-0.4, -0.2) is 21.9 Å². The number of imidazole rings is 1. The van der Waals surface area contributed by atoms with Crippen molar-refractivity contribution in [1.29, 1.82) is 5.26 Å². The van der Waals surface area contributed by atoms with Gasteiger partial charge in [-0.25, -0.2) is 4.98 Å². The maximum absolute atomic E-state index is 12.9. The Morgan fingerprint density at radius 3 is 2.50 bits per heavy atom. The lowest BCUT2D eigenvalue weighted by atomic mass is 9.75. The van der Waals surface area contributed by atoms with Crippen molar-refractivity contribution in [2.45, 2.75) is 78.1 Å². The van der Waals surface area contributed by atoms with Crippen molar-refractivity contribution < 1.29 is 14.4 Å². The molecule has 2 aromatic rings. The van der Waals surface area contributed by atoms with E-state index in [4.69, 9.17) is 14.9 Å². The van der Waals surface area contributed by atoms with E-state index in [1.807, 2.05) is 6.07 Å². The molecule has 2 aliphatic carbocycles. The highest BCUT2D eigenvalue weighted by molar-refractivity contribution is 5.95. The molecule has 2 aliphatic rings. The molecule has 1 aromatic heterocycles. The Labute approximate surface area is 201 Å². The van der Waals surface area contributed by atoms with Crippen molar-refractivity contribution in [1.82, 2.24) is 9.97 Å². The number of nitriles is 1. The fourth-order valence-electron chi connectivity index (χ4n) is 4.99. The van der Waals surface area contributed by atoms with Crippen LogP contribution in [0.4, 0.5) is 0 Å². The summed E-state index contributed by atoms with van der Waals surface area (Å²) in [5.74, 6) is 1.66. The van der Waals surface area contributed by atoms with Gasteiger partial charge in [-0.1, -0.05) is 57.9 Å². The van der Waals surface area contributed by atoms with Crippen LogP contribution in [0.3, 0.4) is 0 Å². The summed E-state index contributed by atoms with van der Waals surface area (Å²) in [5, 5.41) is 9.01. The van der Waals surface area contributed by atoms with Gasteiger partial charge in [-0.2, -0.15) is 14.9 Å². The first kappa shape index (κ1) is 25.3. The van der Waals surface area contributed by atoms with Crippen LogP contribution >= 0.6 is 0 Å². The first-order chi connectivity index (χ1) is 16.3. The molecule has 6 heteroatoms. The maximum Gasteiger partial charge on any atom is 0.373 e. The zero-order chi connectivity index (χ0) is 24.7. The molecule has 0 saturated heterocycles. The van der Waals surface area contributed by atoms with Gasteiger partial charge in [0.25, 0.3) is 0 Å². The van der Waals surface area contributed by atoms with Crippen molar-refractivity contribution in [2.75, 3.05) is 0 Å². The first-order valence-corrected chi connectivity index (χ1v) is 12.1. The standard InChI is InChI=1S/C27H33N3O.CO2/c1-18-4-6-19(7-5-18)21-8-9-22(15-25(31)26-29-17-23(16-28)30-26)24(14-21)20-10-12-27(2,3)13-11-20;2-1-3/h8-10,14,17-19H,4-7,11-13,15H2,1-3H3,(H,29,30);. The topological polar surface area (TPSA) is 104 Å². The van der Waals surface area contributed by atoms with Crippen LogP contribution in [0, 0.1) is 22.7 Å². The van der Waals surface area contributed by atoms with E-state index >= 15 is 0 Å². The van der Waals surface area contributed by atoms with Crippen LogP contribution < -0.4 is 0 Å². The highest BCUT2D eigenvalue weighted by Crippen LogP contribution is 2.41. The largest absolute Gasteiger partial charge is 0.373 e. The number of aromatic nitrogens is 2. The predicted molar refractivity (Wildman–Crippen MR) is 129 cm³/mol. The Morgan fingerprint density at radius 2 is 1.91 bits per heavy atom. The van der Waals surface area contributed by atoms with Gasteiger partial charge in [0, 0.05) is 6.42 Å². The molecule has 1 heterocycles. The molecule has 34 heavy (non-hydrogen) atoms. The first-order valence-electron chi connectivity index (χ1n) is 12.1. The summed E-state index contributed by atoms with van der Waals surface area (Å²) in [4.78, 5) is 36.1. The van der Waals surface area contributed by atoms with Gasteiger partial charge in [-0.05, 0) is 71.6 Å². The van der Waals surface area contributed by atoms with Crippen molar-refractivity contribution in [3.8, 4) is 6.07 Å². The molecule has 0 unspecified atom stereocenters. The van der Waals surface area contributed by atoms with E-state index in [0.717, 1.165) is 24.3 Å². The number of ketones is 1. The summed E-state index contributed by atoms with van der Waals surface area (Å²) in [6, 6.07) is 8.78. The van der Waals surface area contributed by atoms with Gasteiger partial charge in [0.15, 0.2) is 5.82 Å². The zero-order valence-corrected chi connectivity index (χ0v) is 20.3. The van der Waals surface area contributed by atoms with Gasteiger partial charge in [-0.15, -0.1) is 0 Å². The number of aromatic amines is 1. The zero-order valence-electron chi connectivity index (χ0n) is 20.3. The molecule has 0 atom stereocenters. The fourth-order valence-corrected chi connectivity index (χ4v) is 4.99. The number of Topliss-reactive ketones (excluding diaryl/α,β-unsaturated/α-hetero) is 1. The second kappa shape index (κ2) is 11.2. The van der Waals surface area contributed by atoms with E-state index < -0.39 is 0 Å². The third-order valence-electron chi connectivity index (χ3n) is 7.25. The van der Waals surface area contributed by atoms with Gasteiger partial charge in [0.05, 0.1) is 6.20 Å². The van der Waals surface area contributed by atoms with Gasteiger partial charge in [-0.3, -0.25) is 4.79 Å². The monoisotopic (exact) mass is 459 g/mol. The number of rotatable bonds is 5. The maximum atomic E-state index is 12.9. The van der Waals surface area contributed by atoms with Crippen molar-refractivity contribution in [3.63, 3.8) is 0 Å². The Balaban J connectivity index is 0.00000103. The van der Waals surface area contributed by atoms with Crippen LogP contribution in [0.1, 0.15) is 105 Å². The Kier molecular flexibility index (Phi) is 8.36. The van der Waals surface area contributed by atoms with E-state index in [0.29, 0.717) is 23.4 Å². The van der Waals surface area contributed by atoms with Crippen LogP contribution in [0.5, 0.6) is 0 Å². The summed E-state index contributed by atoms with van der Waals surface area (Å²) in [5.41, 5.74) is 5.78. The van der Waals surface area contributed by atoms with Crippen LogP contribution in [0.25, 0.3) is 5.57 Å². The number of nitrogens with one attached hydrogen (secondary N) is 1. The third-order valence-corrected chi connectivity index (χ3v) is 7.25. The second-order valence-electron chi connectivity index (χ2n) is 10.4. The summed E-state index contributed by atoms with van der Waals surface area (Å²) in [7, 11) is 0. The smallest absolute Gasteiger partial charge is 0.327 e. The number of hydrogen-bond donors (Lipinski definition) is 1. The number of carbonyl (C=O) groups is 1. The lowest BCUT2D eigenvalue weighted by Gasteiger charge is -2.30. The normalized spacial score (nSPS) is 21.3. The molecular formula is C28H33N3O3. The molecule has 0 bridgehead atoms. The molecule has 1 aromatic carbocycles. The van der Waals surface area contributed by atoms with Crippen LogP contribution in [0.2, 0.25) is 0 Å². The fraction of sp³-hybridized carbons (Fsp3) is 0.500. The van der Waals surface area contributed by atoms with Crippen molar-refractivity contribution in [3.05, 3.63) is 58.7 Å². The molecule has 178 valence electrons. The molecule has 1 fully saturated rings. The number of carbonyl (C=O) groups excluding carboxylic acids is 3. The molecular weight excluding hydrogens is 426 g/mol. The average molecular weight is 460 g/mol. The molecule has 1 saturated carbocycles. The van der Waals surface area contributed by atoms with E-state index in [-0.39, 0.29) is 17.8 Å². The van der Waals surface area contributed by atoms with E-state index in [9.17, 15) is 4.79 Å². The molecule has 6 nitrogen and oxygen atoms in total. The highest BCUT2D eigenvalue weighted by atomic mass is 16.2. The van der Waals surface area contributed by atoms with E-state index in [2.05, 4.69) is 55.0 Å². The summed E-state index contributed by atoms with van der Waals surface area (Å²) in [6.45, 7) is 7.01. The second-order valence-corrected chi connectivity index (χ2v) is 10.4. The number of allylic oxidation sites excluding steroid dienone is 2. The van der Waals surface area contributed by atoms with Gasteiger partial charge in [0.2, 0.25) is 5.78 Å². The van der Waals surface area contributed by atoms with Crippen molar-refractivity contribution >= 4 is 17.5 Å². The van der Waals surface area contributed by atoms with Crippen LogP contribution in [-0.2, 0) is 16.0 Å². The van der Waals surface area contributed by atoms with E-state index in [1.54, 1.807) is 0 Å². The Hall–Kier alpha value is -3.29. The van der Waals surface area contributed by atoms with E-state index in [1.165, 1.54) is 55.0 Å². The summed E-state index contributed by atoms with van der Waals surface area (Å²) in [6.07, 6.45) is 12.8. The summed E-state index contributed by atoms with van der Waals surface area (Å²) >= 11 is 0.